The second-order valence-electron chi connectivity index (χ2n) is 9.74. The molecule has 6 heteroatoms. The first-order chi connectivity index (χ1) is 15.9. The van der Waals surface area contributed by atoms with Crippen molar-refractivity contribution in [1.82, 2.24) is 9.80 Å². The van der Waals surface area contributed by atoms with Crippen LogP contribution in [-0.2, 0) is 19.2 Å². The zero-order chi connectivity index (χ0) is 23.9. The average Bonchev–Trinajstić information content (AvgIpc) is 3.66. The Bertz CT molecular complexity index is 801. The number of allylic oxidation sites excluding steroid dienone is 6. The molecular formula is C29H42N2O4. The van der Waals surface area contributed by atoms with Gasteiger partial charge in [-0.1, -0.05) is 65.2 Å². The smallest absolute Gasteiger partial charge is 0.235 e. The summed E-state index contributed by atoms with van der Waals surface area (Å²) in [5, 5.41) is 0. The van der Waals surface area contributed by atoms with Gasteiger partial charge in [-0.25, -0.2) is 0 Å². The Labute approximate surface area is 210 Å². The van der Waals surface area contributed by atoms with E-state index in [1.54, 1.807) is 0 Å². The molecule has 6 aliphatic rings. The normalized spacial score (nSPS) is 36.1. The SMILES string of the molecule is C.C.C=CCC.C=CCC.O=C1C2C3C=CC(C3)C2C(=O)N1CN1C(=O)C2C3C=CC(C3)C2C1=O. The average molecular weight is 483 g/mol. The fourth-order valence-electron chi connectivity index (χ4n) is 6.35. The second-order valence-corrected chi connectivity index (χ2v) is 9.74. The van der Waals surface area contributed by atoms with Crippen LogP contribution in [0.3, 0.4) is 0 Å². The Morgan fingerprint density at radius 2 is 0.886 bits per heavy atom. The van der Waals surface area contributed by atoms with Gasteiger partial charge in [0.25, 0.3) is 0 Å². The van der Waals surface area contributed by atoms with Crippen molar-refractivity contribution in [1.29, 1.82) is 0 Å². The Morgan fingerprint density at radius 1 is 0.657 bits per heavy atom. The van der Waals surface area contributed by atoms with Crippen LogP contribution in [0.5, 0.6) is 0 Å². The van der Waals surface area contributed by atoms with Crippen LogP contribution in [0.15, 0.2) is 49.6 Å². The van der Waals surface area contributed by atoms with E-state index in [-0.39, 0.29) is 92.5 Å². The largest absolute Gasteiger partial charge is 0.274 e. The first-order valence-electron chi connectivity index (χ1n) is 12.2. The molecule has 0 aromatic rings. The van der Waals surface area contributed by atoms with Crippen molar-refractivity contribution >= 4 is 23.6 Å². The van der Waals surface area contributed by atoms with Gasteiger partial charge in [-0.3, -0.25) is 29.0 Å². The molecule has 4 fully saturated rings. The third-order valence-corrected chi connectivity index (χ3v) is 7.98. The molecule has 2 heterocycles. The summed E-state index contributed by atoms with van der Waals surface area (Å²) in [6.45, 7) is 10.9. The quantitative estimate of drug-likeness (QED) is 0.418. The molecule has 2 saturated carbocycles. The first-order valence-corrected chi connectivity index (χ1v) is 12.2. The number of nitrogens with zero attached hydrogens (tertiary/aromatic N) is 2. The summed E-state index contributed by atoms with van der Waals surface area (Å²) < 4.78 is 0. The fraction of sp³-hybridized carbons (Fsp3) is 0.586. The third-order valence-electron chi connectivity index (χ3n) is 7.98. The van der Waals surface area contributed by atoms with Crippen molar-refractivity contribution in [2.24, 2.45) is 47.3 Å². The van der Waals surface area contributed by atoms with Gasteiger partial charge in [0.1, 0.15) is 6.67 Å². The highest BCUT2D eigenvalue weighted by Gasteiger charge is 2.62. The number of imide groups is 2. The number of likely N-dealkylation sites (tertiary alicyclic amines) is 2. The molecule has 6 nitrogen and oxygen atoms in total. The summed E-state index contributed by atoms with van der Waals surface area (Å²) >= 11 is 0. The third kappa shape index (κ3) is 4.48. The number of amides is 4. The van der Waals surface area contributed by atoms with Crippen LogP contribution in [0.2, 0.25) is 0 Å². The molecule has 4 aliphatic carbocycles. The number of carbonyl (C=O) groups is 4. The number of hydrogen-bond donors (Lipinski definition) is 0. The highest BCUT2D eigenvalue weighted by molar-refractivity contribution is 6.09. The van der Waals surface area contributed by atoms with Crippen molar-refractivity contribution in [3.8, 4) is 0 Å². The summed E-state index contributed by atoms with van der Waals surface area (Å²) in [4.78, 5) is 53.5. The van der Waals surface area contributed by atoms with Gasteiger partial charge in [-0.05, 0) is 49.4 Å². The van der Waals surface area contributed by atoms with Crippen LogP contribution in [0.4, 0.5) is 0 Å². The molecule has 192 valence electrons. The monoisotopic (exact) mass is 482 g/mol. The van der Waals surface area contributed by atoms with Crippen molar-refractivity contribution in [3.63, 3.8) is 0 Å². The molecule has 0 aromatic heterocycles. The molecule has 2 saturated heterocycles. The van der Waals surface area contributed by atoms with Gasteiger partial charge in [0, 0.05) is 0 Å². The lowest BCUT2D eigenvalue weighted by Gasteiger charge is -2.24. The van der Waals surface area contributed by atoms with Gasteiger partial charge in [0.05, 0.1) is 23.7 Å². The summed E-state index contributed by atoms with van der Waals surface area (Å²) in [6.07, 6.45) is 15.8. The number of fused-ring (bicyclic) bond motifs is 10. The van der Waals surface area contributed by atoms with Gasteiger partial charge in [0.15, 0.2) is 0 Å². The molecule has 8 atom stereocenters. The van der Waals surface area contributed by atoms with Crippen molar-refractivity contribution in [2.75, 3.05) is 6.67 Å². The van der Waals surface area contributed by atoms with Crippen LogP contribution < -0.4 is 0 Å². The molecule has 4 bridgehead atoms. The molecule has 6 rings (SSSR count). The molecule has 2 aliphatic heterocycles. The summed E-state index contributed by atoms with van der Waals surface area (Å²) in [5.41, 5.74) is 0. The minimum Gasteiger partial charge on any atom is -0.274 e. The molecule has 0 N–H and O–H groups in total. The van der Waals surface area contributed by atoms with Crippen LogP contribution in [-0.4, -0.2) is 40.1 Å². The van der Waals surface area contributed by atoms with E-state index >= 15 is 0 Å². The molecule has 0 spiro atoms. The minimum absolute atomic E-state index is 0. The van der Waals surface area contributed by atoms with E-state index in [1.165, 1.54) is 9.80 Å². The van der Waals surface area contributed by atoms with Gasteiger partial charge in [0.2, 0.25) is 23.6 Å². The molecule has 0 aromatic carbocycles. The zero-order valence-electron chi connectivity index (χ0n) is 19.6. The molecule has 8 unspecified atom stereocenters. The van der Waals surface area contributed by atoms with Crippen LogP contribution >= 0.6 is 0 Å². The Hall–Kier alpha value is -2.76. The van der Waals surface area contributed by atoms with Crippen molar-refractivity contribution in [3.05, 3.63) is 49.6 Å². The lowest BCUT2D eigenvalue weighted by molar-refractivity contribution is -0.149. The molecule has 35 heavy (non-hydrogen) atoms. The maximum absolute atomic E-state index is 12.8. The Balaban J connectivity index is 0.000000383. The predicted octanol–water partition coefficient (Wildman–Crippen LogP) is 5.00. The molecule has 4 amide bonds. The van der Waals surface area contributed by atoms with Crippen molar-refractivity contribution < 1.29 is 19.2 Å². The highest BCUT2D eigenvalue weighted by Crippen LogP contribution is 2.54. The van der Waals surface area contributed by atoms with E-state index < -0.39 is 0 Å². The van der Waals surface area contributed by atoms with E-state index in [4.69, 9.17) is 0 Å². The zero-order valence-corrected chi connectivity index (χ0v) is 19.6. The maximum atomic E-state index is 12.8. The van der Waals surface area contributed by atoms with Crippen LogP contribution in [0.25, 0.3) is 0 Å². The van der Waals surface area contributed by atoms with Gasteiger partial charge >= 0.3 is 0 Å². The number of carbonyl (C=O) groups excluding carboxylic acids is 4. The predicted molar refractivity (Wildman–Crippen MR) is 138 cm³/mol. The van der Waals surface area contributed by atoms with Gasteiger partial charge in [-0.15, -0.1) is 13.2 Å². The van der Waals surface area contributed by atoms with Crippen molar-refractivity contribution in [2.45, 2.75) is 54.4 Å². The molecule has 0 radical (unpaired) electrons. The Morgan fingerprint density at radius 3 is 1.09 bits per heavy atom. The topological polar surface area (TPSA) is 74.8 Å². The summed E-state index contributed by atoms with van der Waals surface area (Å²) in [6, 6.07) is 0. The molecular weight excluding hydrogens is 440 g/mol. The number of rotatable bonds is 4. The van der Waals surface area contributed by atoms with E-state index in [9.17, 15) is 19.2 Å². The summed E-state index contributed by atoms with van der Waals surface area (Å²) in [5.74, 6) is -1.39. The Kier molecular flexibility index (Phi) is 9.21. The van der Waals surface area contributed by atoms with E-state index in [1.807, 2.05) is 36.5 Å². The lowest BCUT2D eigenvalue weighted by Crippen LogP contribution is -2.46. The maximum Gasteiger partial charge on any atom is 0.235 e. The van der Waals surface area contributed by atoms with E-state index in [2.05, 4.69) is 27.0 Å². The summed E-state index contributed by atoms with van der Waals surface area (Å²) in [7, 11) is 0. The van der Waals surface area contributed by atoms with E-state index in [0.717, 1.165) is 25.7 Å². The van der Waals surface area contributed by atoms with Crippen LogP contribution in [0, 0.1) is 47.3 Å². The highest BCUT2D eigenvalue weighted by atomic mass is 16.2. The standard InChI is InChI=1S/C19H18N2O4.2C4H8.2CH4/c22-16-12-8-1-2-9(5-8)13(12)17(23)20(16)7-21-18(24)14-10-3-4-11(6-10)15(14)19(21)25;2*1-3-4-2;;/h1-4,8-15H,5-7H2;2*3H,1,4H2,2H3;2*1H4. The van der Waals surface area contributed by atoms with Crippen LogP contribution in [0.1, 0.15) is 54.4 Å². The van der Waals surface area contributed by atoms with Gasteiger partial charge < -0.3 is 0 Å². The minimum atomic E-state index is -0.285. The second kappa shape index (κ2) is 11.3. The van der Waals surface area contributed by atoms with Gasteiger partial charge in [-0.2, -0.15) is 0 Å². The number of hydrogen-bond acceptors (Lipinski definition) is 4. The first kappa shape index (κ1) is 28.5. The van der Waals surface area contributed by atoms with E-state index in [0.29, 0.717) is 0 Å². The fourth-order valence-corrected chi connectivity index (χ4v) is 6.35. The lowest BCUT2D eigenvalue weighted by atomic mass is 9.85.